The van der Waals surface area contributed by atoms with Gasteiger partial charge in [0.05, 0.1) is 24.8 Å². The second kappa shape index (κ2) is 13.6. The zero-order chi connectivity index (χ0) is 29.8. The monoisotopic (exact) mass is 792 g/mol. The normalized spacial score (nSPS) is 18.6. The van der Waals surface area contributed by atoms with Crippen molar-refractivity contribution in [1.82, 2.24) is 15.1 Å². The summed E-state index contributed by atoms with van der Waals surface area (Å²) in [4.78, 5) is 35.5. The van der Waals surface area contributed by atoms with E-state index in [1.165, 1.54) is 11.1 Å². The lowest BCUT2D eigenvalue weighted by Crippen LogP contribution is -2.55. The smallest absolute Gasteiger partial charge is 0.326 e. The van der Waals surface area contributed by atoms with Crippen molar-refractivity contribution in [3.63, 3.8) is 0 Å². The quantitative estimate of drug-likeness (QED) is 0.210. The molecule has 10 heteroatoms. The summed E-state index contributed by atoms with van der Waals surface area (Å²) >= 11 is 4.71. The summed E-state index contributed by atoms with van der Waals surface area (Å²) in [5.74, 6) is 1.57. The number of amides is 3. The number of amidine groups is 1. The van der Waals surface area contributed by atoms with Crippen LogP contribution < -0.4 is 14.8 Å². The zero-order valence-corrected chi connectivity index (χ0v) is 28.2. The Balaban J connectivity index is 1.70. The number of hydrogen-bond donors (Lipinski definition) is 1. The molecule has 3 aromatic carbocycles. The maximum atomic E-state index is 14.5. The maximum absolute atomic E-state index is 14.5. The number of nitrogens with one attached hydrogen (secondary N) is 1. The van der Waals surface area contributed by atoms with Crippen molar-refractivity contribution in [1.29, 1.82) is 0 Å². The highest BCUT2D eigenvalue weighted by atomic mass is 127. The molecule has 42 heavy (non-hydrogen) atoms. The highest BCUT2D eigenvalue weighted by Gasteiger charge is 2.45. The summed E-state index contributed by atoms with van der Waals surface area (Å²) in [6, 6.07) is 21.4. The Bertz CT molecular complexity index is 1460. The van der Waals surface area contributed by atoms with Crippen LogP contribution in [0.25, 0.3) is 0 Å². The van der Waals surface area contributed by atoms with Crippen LogP contribution in [0.15, 0.2) is 71.7 Å². The van der Waals surface area contributed by atoms with Crippen molar-refractivity contribution in [3.8, 4) is 11.5 Å². The van der Waals surface area contributed by atoms with Gasteiger partial charge in [0, 0.05) is 28.0 Å². The van der Waals surface area contributed by atoms with Crippen LogP contribution in [0.5, 0.6) is 11.5 Å². The number of nitrogens with zero attached hydrogens (tertiary/aromatic N) is 3. The van der Waals surface area contributed by atoms with E-state index in [-0.39, 0.29) is 30.6 Å². The molecule has 1 saturated heterocycles. The van der Waals surface area contributed by atoms with Gasteiger partial charge in [-0.15, -0.1) is 0 Å². The highest BCUT2D eigenvalue weighted by molar-refractivity contribution is 14.1. The molecule has 5 rings (SSSR count). The first kappa shape index (κ1) is 30.6. The third kappa shape index (κ3) is 6.53. The minimum atomic E-state index is -0.430. The van der Waals surface area contributed by atoms with E-state index in [0.717, 1.165) is 20.0 Å². The molecule has 1 N–H and O–H groups in total. The van der Waals surface area contributed by atoms with Gasteiger partial charge in [-0.25, -0.2) is 4.79 Å². The predicted octanol–water partition coefficient (Wildman–Crippen LogP) is 6.45. The molecule has 3 amide bonds. The van der Waals surface area contributed by atoms with Crippen molar-refractivity contribution in [2.45, 2.75) is 40.9 Å². The molecule has 0 unspecified atom stereocenters. The molecular weight excluding hydrogens is 758 g/mol. The van der Waals surface area contributed by atoms with Crippen LogP contribution in [0.3, 0.4) is 0 Å². The maximum Gasteiger partial charge on any atom is 0.326 e. The van der Waals surface area contributed by atoms with Gasteiger partial charge in [0.25, 0.3) is 0 Å². The Morgan fingerprint density at radius 1 is 1.00 bits per heavy atom. The third-order valence-electron chi connectivity index (χ3n) is 7.33. The number of hydrogen-bond acceptors (Lipinski definition) is 5. The molecule has 2 heterocycles. The van der Waals surface area contributed by atoms with Crippen molar-refractivity contribution in [3.05, 3.63) is 94.5 Å². The number of carbonyl (C=O) groups excluding carboxylic acids is 2. The molecule has 2 aliphatic rings. The molecule has 2 atom stereocenters. The van der Waals surface area contributed by atoms with Gasteiger partial charge >= 0.3 is 6.03 Å². The second-order valence-corrected chi connectivity index (χ2v) is 12.1. The average Bonchev–Trinajstić information content (AvgIpc) is 3.40. The summed E-state index contributed by atoms with van der Waals surface area (Å²) in [6.07, 6.45) is -0.110. The molecule has 0 saturated carbocycles. The molecule has 2 aliphatic heterocycles. The Labute approximate surface area is 274 Å². The van der Waals surface area contributed by atoms with Gasteiger partial charge in [-0.3, -0.25) is 14.7 Å². The van der Waals surface area contributed by atoms with Gasteiger partial charge in [-0.05, 0) is 48.2 Å². The van der Waals surface area contributed by atoms with Crippen molar-refractivity contribution >= 4 is 63.0 Å². The van der Waals surface area contributed by atoms with E-state index in [1.54, 1.807) is 16.9 Å². The first-order valence-corrected chi connectivity index (χ1v) is 16.9. The molecule has 0 radical (unpaired) electrons. The summed E-state index contributed by atoms with van der Waals surface area (Å²) in [5, 5.41) is 2.83. The van der Waals surface area contributed by atoms with Crippen LogP contribution in [0.4, 0.5) is 4.79 Å². The van der Waals surface area contributed by atoms with E-state index in [1.807, 2.05) is 32.0 Å². The van der Waals surface area contributed by atoms with Gasteiger partial charge < -0.3 is 19.7 Å². The average molecular weight is 792 g/mol. The molecule has 8 nitrogen and oxygen atoms in total. The Kier molecular flexibility index (Phi) is 9.92. The van der Waals surface area contributed by atoms with E-state index < -0.39 is 6.04 Å². The van der Waals surface area contributed by atoms with Gasteiger partial charge in [-0.1, -0.05) is 93.7 Å². The molecule has 1 fully saturated rings. The van der Waals surface area contributed by atoms with Crippen LogP contribution >= 0.6 is 45.2 Å². The molecule has 0 spiro atoms. The second-order valence-electron chi connectivity index (χ2n) is 10.5. The number of rotatable bonds is 8. The van der Waals surface area contributed by atoms with Crippen molar-refractivity contribution in [2.24, 2.45) is 4.99 Å². The summed E-state index contributed by atoms with van der Waals surface area (Å²) in [7, 11) is 1.61. The van der Waals surface area contributed by atoms with Crippen LogP contribution in [0, 0.1) is 0 Å². The summed E-state index contributed by atoms with van der Waals surface area (Å²) < 4.78 is 13.6. The number of aliphatic imine (C=N–C) groups is 1. The Morgan fingerprint density at radius 2 is 1.64 bits per heavy atom. The number of piperazine rings is 1. The highest BCUT2D eigenvalue weighted by Crippen LogP contribution is 2.45. The van der Waals surface area contributed by atoms with Gasteiger partial charge in [0.1, 0.15) is 29.9 Å². The standard InChI is InChI=1S/C32H34I2N4O4/c1-20(2)42-27-16-25(41-3)12-13-26(27)31-36-29(23-8-4-21(17-33)5-9-23)30(24-10-6-22(18-34)7-11-24)38(31)32(40)37-15-14-35-28(39)19-37/h4-13,16,20,29-30H,14-15,17-19H2,1-3H3,(H,35,39)/t29-,30+/m0/s1. The molecule has 0 aliphatic carbocycles. The molecule has 220 valence electrons. The lowest BCUT2D eigenvalue weighted by atomic mass is 9.92. The first-order valence-electron chi connectivity index (χ1n) is 13.9. The van der Waals surface area contributed by atoms with Crippen LogP contribution in [-0.2, 0) is 13.6 Å². The molecular formula is C32H34I2N4O4. The topological polar surface area (TPSA) is 83.5 Å². The van der Waals surface area contributed by atoms with Crippen LogP contribution in [0.2, 0.25) is 0 Å². The lowest BCUT2D eigenvalue weighted by molar-refractivity contribution is -0.123. The van der Waals surface area contributed by atoms with E-state index in [2.05, 4.69) is 99.0 Å². The number of carbonyl (C=O) groups is 2. The van der Waals surface area contributed by atoms with Gasteiger partial charge in [0.15, 0.2) is 0 Å². The molecule has 0 bridgehead atoms. The minimum Gasteiger partial charge on any atom is -0.497 e. The zero-order valence-electron chi connectivity index (χ0n) is 23.8. The first-order chi connectivity index (χ1) is 20.3. The number of methoxy groups -OCH3 is 1. The SMILES string of the molecule is COc1ccc(C2=N[C@@H](c3ccc(CI)cc3)[C@@H](c3ccc(CI)cc3)N2C(=O)N2CCNC(=O)C2)c(OC(C)C)c1. The number of alkyl halides is 2. The number of benzene rings is 3. The van der Waals surface area contributed by atoms with Crippen LogP contribution in [-0.4, -0.2) is 60.4 Å². The summed E-state index contributed by atoms with van der Waals surface area (Å²) in [5.41, 5.74) is 5.10. The predicted molar refractivity (Wildman–Crippen MR) is 181 cm³/mol. The van der Waals surface area contributed by atoms with E-state index in [0.29, 0.717) is 36.0 Å². The lowest BCUT2D eigenvalue weighted by Gasteiger charge is -2.36. The van der Waals surface area contributed by atoms with Gasteiger partial charge in [-0.2, -0.15) is 0 Å². The number of ether oxygens (including phenoxy) is 2. The Morgan fingerprint density at radius 3 is 2.21 bits per heavy atom. The van der Waals surface area contributed by atoms with Crippen molar-refractivity contribution in [2.75, 3.05) is 26.7 Å². The van der Waals surface area contributed by atoms with Crippen molar-refractivity contribution < 1.29 is 19.1 Å². The van der Waals surface area contributed by atoms with E-state index in [9.17, 15) is 9.59 Å². The fourth-order valence-electron chi connectivity index (χ4n) is 5.26. The Hall–Kier alpha value is -2.87. The number of halogens is 2. The fraction of sp³-hybridized carbons (Fsp3) is 0.344. The number of urea groups is 1. The fourth-order valence-corrected chi connectivity index (χ4v) is 6.28. The van der Waals surface area contributed by atoms with E-state index >= 15 is 0 Å². The van der Waals surface area contributed by atoms with Gasteiger partial charge in [0.2, 0.25) is 5.91 Å². The van der Waals surface area contributed by atoms with Crippen LogP contribution in [0.1, 0.15) is 53.7 Å². The minimum absolute atomic E-state index is 0.00388. The molecule has 0 aromatic heterocycles. The third-order valence-corrected chi connectivity index (χ3v) is 9.09. The largest absolute Gasteiger partial charge is 0.497 e. The molecule has 3 aromatic rings. The van der Waals surface area contributed by atoms with E-state index in [4.69, 9.17) is 14.5 Å². The summed E-state index contributed by atoms with van der Waals surface area (Å²) in [6.45, 7) is 4.75.